The van der Waals surface area contributed by atoms with Crippen molar-refractivity contribution < 1.29 is 9.57 Å². The second-order valence-corrected chi connectivity index (χ2v) is 6.94. The number of rotatable bonds is 7. The normalized spacial score (nSPS) is 11.4. The average Bonchev–Trinajstić information content (AvgIpc) is 2.80. The largest absolute Gasteiger partial charge is 0.489 e. The third-order valence-electron chi connectivity index (χ3n) is 4.45. The first-order valence-electron chi connectivity index (χ1n) is 9.30. The number of aromatic nitrogens is 2. The standard InChI is InChI=1S/C23H19ClN4O2/c24-21-9-8-17-6-3-11-27-22(17)20(21)15-30-28-23(25)18-5-1-7-19(12-18)29-14-16-4-2-10-26-13-16/h1-13H,14-15H2,(H2,25,28). The zero-order valence-electron chi connectivity index (χ0n) is 16.0. The summed E-state index contributed by atoms with van der Waals surface area (Å²) in [4.78, 5) is 14.0. The lowest BCUT2D eigenvalue weighted by atomic mass is 10.1. The molecule has 0 aliphatic carbocycles. The molecule has 2 aromatic heterocycles. The fourth-order valence-corrected chi connectivity index (χ4v) is 3.14. The van der Waals surface area contributed by atoms with Crippen LogP contribution in [-0.4, -0.2) is 15.8 Å². The molecular weight excluding hydrogens is 400 g/mol. The summed E-state index contributed by atoms with van der Waals surface area (Å²) in [5.41, 5.74) is 9.32. The fourth-order valence-electron chi connectivity index (χ4n) is 2.93. The Kier molecular flexibility index (Phi) is 6.06. The molecule has 2 heterocycles. The topological polar surface area (TPSA) is 82.6 Å². The third-order valence-corrected chi connectivity index (χ3v) is 4.81. The molecule has 2 aromatic carbocycles. The summed E-state index contributed by atoms with van der Waals surface area (Å²) in [5.74, 6) is 0.918. The van der Waals surface area contributed by atoms with Crippen molar-refractivity contribution in [3.63, 3.8) is 0 Å². The molecule has 7 heteroatoms. The van der Waals surface area contributed by atoms with Crippen molar-refractivity contribution in [3.8, 4) is 5.75 Å². The molecule has 0 fully saturated rings. The monoisotopic (exact) mass is 418 g/mol. The van der Waals surface area contributed by atoms with Gasteiger partial charge in [-0.25, -0.2) is 0 Å². The second kappa shape index (κ2) is 9.24. The lowest BCUT2D eigenvalue weighted by Crippen LogP contribution is -2.14. The van der Waals surface area contributed by atoms with Crippen LogP contribution in [0.4, 0.5) is 0 Å². The maximum Gasteiger partial charge on any atom is 0.170 e. The van der Waals surface area contributed by atoms with Crippen molar-refractivity contribution in [2.24, 2.45) is 10.9 Å². The number of amidine groups is 1. The number of halogens is 1. The molecule has 0 amide bonds. The number of hydrogen-bond acceptors (Lipinski definition) is 5. The van der Waals surface area contributed by atoms with Crippen LogP contribution < -0.4 is 10.5 Å². The van der Waals surface area contributed by atoms with Crippen LogP contribution in [0, 0.1) is 0 Å². The van der Waals surface area contributed by atoms with Crippen LogP contribution >= 0.6 is 11.6 Å². The fraction of sp³-hybridized carbons (Fsp3) is 0.0870. The highest BCUT2D eigenvalue weighted by molar-refractivity contribution is 6.32. The van der Waals surface area contributed by atoms with Crippen molar-refractivity contribution in [3.05, 3.63) is 101 Å². The van der Waals surface area contributed by atoms with Crippen molar-refractivity contribution in [1.82, 2.24) is 9.97 Å². The smallest absolute Gasteiger partial charge is 0.170 e. The van der Waals surface area contributed by atoms with Gasteiger partial charge in [0.2, 0.25) is 0 Å². The summed E-state index contributed by atoms with van der Waals surface area (Å²) in [7, 11) is 0. The number of ether oxygens (including phenoxy) is 1. The maximum atomic E-state index is 6.32. The first kappa shape index (κ1) is 19.7. The molecule has 0 radical (unpaired) electrons. The molecule has 150 valence electrons. The molecule has 0 bridgehead atoms. The van der Waals surface area contributed by atoms with E-state index in [1.165, 1.54) is 0 Å². The molecule has 0 saturated carbocycles. The summed E-state index contributed by atoms with van der Waals surface area (Å²) in [6, 6.07) is 18.8. The summed E-state index contributed by atoms with van der Waals surface area (Å²) < 4.78 is 5.80. The predicted molar refractivity (Wildman–Crippen MR) is 117 cm³/mol. The van der Waals surface area contributed by atoms with Gasteiger partial charge in [0.05, 0.1) is 5.52 Å². The van der Waals surface area contributed by atoms with Gasteiger partial charge in [-0.2, -0.15) is 0 Å². The summed E-state index contributed by atoms with van der Waals surface area (Å²) in [6.45, 7) is 0.572. The zero-order valence-corrected chi connectivity index (χ0v) is 16.8. The lowest BCUT2D eigenvalue weighted by Gasteiger charge is -2.09. The second-order valence-electron chi connectivity index (χ2n) is 6.53. The van der Waals surface area contributed by atoms with Crippen LogP contribution in [0.1, 0.15) is 16.7 Å². The van der Waals surface area contributed by atoms with E-state index < -0.39 is 0 Å². The van der Waals surface area contributed by atoms with Crippen LogP contribution in [0.3, 0.4) is 0 Å². The van der Waals surface area contributed by atoms with E-state index in [1.807, 2.05) is 60.7 Å². The van der Waals surface area contributed by atoms with Gasteiger partial charge in [0, 0.05) is 45.7 Å². The van der Waals surface area contributed by atoms with Crippen LogP contribution in [0.5, 0.6) is 5.75 Å². The minimum Gasteiger partial charge on any atom is -0.489 e. The van der Waals surface area contributed by atoms with Gasteiger partial charge in [-0.15, -0.1) is 0 Å². The summed E-state index contributed by atoms with van der Waals surface area (Å²) >= 11 is 6.32. The molecule has 4 aromatic rings. The Morgan fingerprint density at radius 2 is 1.90 bits per heavy atom. The van der Waals surface area contributed by atoms with E-state index in [4.69, 9.17) is 26.9 Å². The SMILES string of the molecule is N/C(=N/OCc1c(Cl)ccc2cccnc12)c1cccc(OCc2cccnc2)c1. The molecule has 0 aliphatic heterocycles. The maximum absolute atomic E-state index is 6.32. The van der Waals surface area contributed by atoms with E-state index in [2.05, 4.69) is 15.1 Å². The van der Waals surface area contributed by atoms with E-state index in [0.717, 1.165) is 22.0 Å². The van der Waals surface area contributed by atoms with Gasteiger partial charge in [0.25, 0.3) is 0 Å². The third kappa shape index (κ3) is 4.67. The molecule has 4 rings (SSSR count). The zero-order chi connectivity index (χ0) is 20.8. The van der Waals surface area contributed by atoms with Gasteiger partial charge in [0.1, 0.15) is 19.0 Å². The Balaban J connectivity index is 1.44. The van der Waals surface area contributed by atoms with Gasteiger partial charge in [0.15, 0.2) is 5.84 Å². The highest BCUT2D eigenvalue weighted by Gasteiger charge is 2.09. The van der Waals surface area contributed by atoms with E-state index in [0.29, 0.717) is 22.9 Å². The van der Waals surface area contributed by atoms with Crippen molar-refractivity contribution in [2.45, 2.75) is 13.2 Å². The molecule has 6 nitrogen and oxygen atoms in total. The number of fused-ring (bicyclic) bond motifs is 1. The summed E-state index contributed by atoms with van der Waals surface area (Å²) in [6.07, 6.45) is 5.21. The van der Waals surface area contributed by atoms with E-state index >= 15 is 0 Å². The van der Waals surface area contributed by atoms with E-state index in [-0.39, 0.29) is 12.4 Å². The van der Waals surface area contributed by atoms with Crippen molar-refractivity contribution in [1.29, 1.82) is 0 Å². The Morgan fingerprint density at radius 1 is 1.00 bits per heavy atom. The van der Waals surface area contributed by atoms with Gasteiger partial charge in [-0.3, -0.25) is 9.97 Å². The first-order valence-corrected chi connectivity index (χ1v) is 9.68. The lowest BCUT2D eigenvalue weighted by molar-refractivity contribution is 0.131. The Hall–Kier alpha value is -3.64. The van der Waals surface area contributed by atoms with Crippen LogP contribution in [0.25, 0.3) is 10.9 Å². The van der Waals surface area contributed by atoms with Gasteiger partial charge in [-0.05, 0) is 30.3 Å². The van der Waals surface area contributed by atoms with Gasteiger partial charge in [-0.1, -0.05) is 47.1 Å². The molecule has 2 N–H and O–H groups in total. The quantitative estimate of drug-likeness (QED) is 0.267. The van der Waals surface area contributed by atoms with Crippen molar-refractivity contribution in [2.75, 3.05) is 0 Å². The molecule has 0 spiro atoms. The molecule has 0 unspecified atom stereocenters. The predicted octanol–water partition coefficient (Wildman–Crippen LogP) is 4.70. The van der Waals surface area contributed by atoms with Gasteiger partial charge >= 0.3 is 0 Å². The highest BCUT2D eigenvalue weighted by Crippen LogP contribution is 2.25. The number of hydrogen-bond donors (Lipinski definition) is 1. The number of oxime groups is 1. The number of benzene rings is 2. The number of pyridine rings is 2. The average molecular weight is 419 g/mol. The molecule has 0 saturated heterocycles. The number of nitrogens with zero attached hydrogens (tertiary/aromatic N) is 3. The molecule has 30 heavy (non-hydrogen) atoms. The Morgan fingerprint density at radius 3 is 2.77 bits per heavy atom. The highest BCUT2D eigenvalue weighted by atomic mass is 35.5. The first-order chi connectivity index (χ1) is 14.7. The summed E-state index contributed by atoms with van der Waals surface area (Å²) in [5, 5.41) is 5.59. The van der Waals surface area contributed by atoms with Gasteiger partial charge < -0.3 is 15.3 Å². The number of nitrogens with two attached hydrogens (primary N) is 1. The van der Waals surface area contributed by atoms with Crippen LogP contribution in [0.15, 0.2) is 84.4 Å². The molecule has 0 aliphatic rings. The minimum absolute atomic E-state index is 0.158. The molecular formula is C23H19ClN4O2. The van der Waals surface area contributed by atoms with Crippen molar-refractivity contribution >= 4 is 28.3 Å². The minimum atomic E-state index is 0.158. The van der Waals surface area contributed by atoms with E-state index in [9.17, 15) is 0 Å². The van der Waals surface area contributed by atoms with Crippen LogP contribution in [-0.2, 0) is 18.1 Å². The Labute approximate surface area is 178 Å². The van der Waals surface area contributed by atoms with Crippen LogP contribution in [0.2, 0.25) is 5.02 Å². The molecule has 0 atom stereocenters. The Bertz CT molecular complexity index is 1180. The van der Waals surface area contributed by atoms with E-state index in [1.54, 1.807) is 18.6 Å².